The zero-order valence-corrected chi connectivity index (χ0v) is 9.65. The van der Waals surface area contributed by atoms with Crippen LogP contribution in [0.4, 0.5) is 5.69 Å². The number of nitrogens with zero attached hydrogens (tertiary/aromatic N) is 1. The summed E-state index contributed by atoms with van der Waals surface area (Å²) in [4.78, 5) is 0. The van der Waals surface area contributed by atoms with Gasteiger partial charge in [0.25, 0.3) is 0 Å². The van der Waals surface area contributed by atoms with Crippen LogP contribution in [0.3, 0.4) is 0 Å². The second-order valence-electron chi connectivity index (χ2n) is 2.91. The number of hydrogen-bond donors (Lipinski definition) is 1. The Bertz CT molecular complexity index is 525. The Morgan fingerprint density at radius 1 is 1.50 bits per heavy atom. The van der Waals surface area contributed by atoms with Crippen LogP contribution in [-0.4, -0.2) is 0 Å². The highest BCUT2D eigenvalue weighted by Gasteiger charge is 2.10. The lowest BCUT2D eigenvalue weighted by Gasteiger charge is -1.98. The lowest BCUT2D eigenvalue weighted by Crippen LogP contribution is -1.87. The molecule has 0 spiro atoms. The Morgan fingerprint density at radius 3 is 3.00 bits per heavy atom. The first-order valence-electron chi connectivity index (χ1n) is 4.06. The average Bonchev–Trinajstić information content (AvgIpc) is 2.45. The van der Waals surface area contributed by atoms with Gasteiger partial charge in [-0.25, -0.2) is 0 Å². The molecule has 0 saturated carbocycles. The van der Waals surface area contributed by atoms with E-state index in [2.05, 4.69) is 22.0 Å². The fraction of sp³-hybridized carbons (Fsp3) is 0.100. The molecule has 2 rings (SSSR count). The first-order valence-corrected chi connectivity index (χ1v) is 5.67. The lowest BCUT2D eigenvalue weighted by molar-refractivity contribution is 1.29. The molecule has 0 bridgehead atoms. The number of nitrogens with two attached hydrogens (primary N) is 1. The van der Waals surface area contributed by atoms with Crippen LogP contribution in [0.25, 0.3) is 10.1 Å². The van der Waals surface area contributed by atoms with Gasteiger partial charge in [0.1, 0.15) is 0 Å². The first kappa shape index (κ1) is 9.50. The highest BCUT2D eigenvalue weighted by molar-refractivity contribution is 9.11. The van der Waals surface area contributed by atoms with Gasteiger partial charge in [-0.3, -0.25) is 0 Å². The topological polar surface area (TPSA) is 49.8 Å². The lowest BCUT2D eigenvalue weighted by atomic mass is 10.1. The zero-order chi connectivity index (χ0) is 10.1. The molecule has 0 radical (unpaired) electrons. The molecule has 0 aliphatic heterocycles. The van der Waals surface area contributed by atoms with Crippen molar-refractivity contribution in [2.45, 2.75) is 6.42 Å². The van der Waals surface area contributed by atoms with Crippen molar-refractivity contribution in [3.05, 3.63) is 27.5 Å². The molecular formula is C10H7BrN2S. The summed E-state index contributed by atoms with van der Waals surface area (Å²) in [5.74, 6) is 0. The minimum absolute atomic E-state index is 0.407. The van der Waals surface area contributed by atoms with E-state index in [1.54, 1.807) is 11.3 Å². The number of fused-ring (bicyclic) bond motifs is 1. The first-order chi connectivity index (χ1) is 6.74. The summed E-state index contributed by atoms with van der Waals surface area (Å²) in [5, 5.41) is 9.70. The number of nitrogen functional groups attached to an aromatic ring is 1. The molecule has 0 saturated heterocycles. The van der Waals surface area contributed by atoms with Crippen LogP contribution in [0.15, 0.2) is 22.0 Å². The van der Waals surface area contributed by atoms with Gasteiger partial charge in [0.05, 0.1) is 22.0 Å². The Morgan fingerprint density at radius 2 is 2.29 bits per heavy atom. The van der Waals surface area contributed by atoms with Crippen LogP contribution in [0.5, 0.6) is 0 Å². The molecule has 1 aromatic heterocycles. The maximum absolute atomic E-state index is 8.68. The van der Waals surface area contributed by atoms with Crippen molar-refractivity contribution < 1.29 is 0 Å². The van der Waals surface area contributed by atoms with Gasteiger partial charge < -0.3 is 5.73 Å². The van der Waals surface area contributed by atoms with Crippen molar-refractivity contribution in [1.29, 1.82) is 5.26 Å². The molecule has 1 aromatic carbocycles. The number of nitriles is 1. The van der Waals surface area contributed by atoms with Gasteiger partial charge >= 0.3 is 0 Å². The molecule has 0 unspecified atom stereocenters. The van der Waals surface area contributed by atoms with Crippen molar-refractivity contribution in [3.8, 4) is 6.07 Å². The van der Waals surface area contributed by atoms with Gasteiger partial charge in [-0.2, -0.15) is 5.26 Å². The van der Waals surface area contributed by atoms with Gasteiger partial charge in [-0.05, 0) is 27.6 Å². The molecule has 1 heterocycles. The van der Waals surface area contributed by atoms with Gasteiger partial charge in [-0.15, -0.1) is 11.3 Å². The van der Waals surface area contributed by atoms with Gasteiger partial charge in [-0.1, -0.05) is 12.1 Å². The van der Waals surface area contributed by atoms with E-state index in [4.69, 9.17) is 11.0 Å². The van der Waals surface area contributed by atoms with Gasteiger partial charge in [0, 0.05) is 10.1 Å². The van der Waals surface area contributed by atoms with Crippen molar-refractivity contribution in [2.24, 2.45) is 0 Å². The van der Waals surface area contributed by atoms with Crippen LogP contribution < -0.4 is 5.73 Å². The number of thiophene rings is 1. The quantitative estimate of drug-likeness (QED) is 0.861. The van der Waals surface area contributed by atoms with E-state index in [9.17, 15) is 0 Å². The van der Waals surface area contributed by atoms with Gasteiger partial charge in [0.15, 0.2) is 0 Å². The van der Waals surface area contributed by atoms with Crippen molar-refractivity contribution >= 4 is 43.0 Å². The van der Waals surface area contributed by atoms with E-state index in [1.807, 2.05) is 18.2 Å². The van der Waals surface area contributed by atoms with E-state index in [-0.39, 0.29) is 0 Å². The molecule has 14 heavy (non-hydrogen) atoms. The summed E-state index contributed by atoms with van der Waals surface area (Å²) < 4.78 is 2.07. The van der Waals surface area contributed by atoms with Crippen LogP contribution in [0.2, 0.25) is 0 Å². The number of halogens is 1. The average molecular weight is 267 g/mol. The maximum atomic E-state index is 8.68. The molecule has 0 amide bonds. The Hall–Kier alpha value is -1.05. The zero-order valence-electron chi connectivity index (χ0n) is 7.25. The fourth-order valence-corrected chi connectivity index (χ4v) is 3.07. The van der Waals surface area contributed by atoms with Gasteiger partial charge in [0.2, 0.25) is 0 Å². The monoisotopic (exact) mass is 266 g/mol. The standard InChI is InChI=1S/C10H7BrN2S/c11-10-9(13)8-6(4-5-12)2-1-3-7(8)14-10/h1-3H,4,13H2. The fourth-order valence-electron chi connectivity index (χ4n) is 1.45. The molecule has 0 aliphatic carbocycles. The second-order valence-corrected chi connectivity index (χ2v) is 5.28. The minimum Gasteiger partial charge on any atom is -0.397 e. The Kier molecular flexibility index (Phi) is 2.44. The van der Waals surface area contributed by atoms with E-state index in [0.29, 0.717) is 6.42 Å². The highest BCUT2D eigenvalue weighted by atomic mass is 79.9. The second kappa shape index (κ2) is 3.60. The summed E-state index contributed by atoms with van der Waals surface area (Å²) in [6.45, 7) is 0. The predicted molar refractivity (Wildman–Crippen MR) is 63.3 cm³/mol. The molecule has 2 N–H and O–H groups in total. The molecule has 4 heteroatoms. The predicted octanol–water partition coefficient (Wildman–Crippen LogP) is 3.31. The van der Waals surface area contributed by atoms with E-state index in [0.717, 1.165) is 25.1 Å². The van der Waals surface area contributed by atoms with Crippen LogP contribution in [-0.2, 0) is 6.42 Å². The number of rotatable bonds is 1. The van der Waals surface area contributed by atoms with Crippen molar-refractivity contribution in [2.75, 3.05) is 5.73 Å². The van der Waals surface area contributed by atoms with Crippen molar-refractivity contribution in [3.63, 3.8) is 0 Å². The van der Waals surface area contributed by atoms with Crippen molar-refractivity contribution in [1.82, 2.24) is 0 Å². The summed E-state index contributed by atoms with van der Waals surface area (Å²) in [5.41, 5.74) is 7.67. The summed E-state index contributed by atoms with van der Waals surface area (Å²) in [6.07, 6.45) is 0.407. The Balaban J connectivity index is 2.79. The summed E-state index contributed by atoms with van der Waals surface area (Å²) >= 11 is 5.01. The molecule has 2 nitrogen and oxygen atoms in total. The summed E-state index contributed by atoms with van der Waals surface area (Å²) in [6, 6.07) is 8.06. The minimum atomic E-state index is 0.407. The summed E-state index contributed by atoms with van der Waals surface area (Å²) in [7, 11) is 0. The number of hydrogen-bond acceptors (Lipinski definition) is 3. The number of benzene rings is 1. The largest absolute Gasteiger partial charge is 0.397 e. The van der Waals surface area contributed by atoms with Crippen LogP contribution in [0.1, 0.15) is 5.56 Å². The third kappa shape index (κ3) is 1.39. The van der Waals surface area contributed by atoms with Crippen LogP contribution >= 0.6 is 27.3 Å². The molecule has 0 atom stereocenters. The van der Waals surface area contributed by atoms with E-state index in [1.165, 1.54) is 0 Å². The molecule has 0 fully saturated rings. The maximum Gasteiger partial charge on any atom is 0.0940 e. The highest BCUT2D eigenvalue weighted by Crippen LogP contribution is 2.39. The molecule has 0 aliphatic rings. The third-order valence-corrected chi connectivity index (χ3v) is 3.93. The van der Waals surface area contributed by atoms with E-state index < -0.39 is 0 Å². The Labute approximate surface area is 94.1 Å². The molecular weight excluding hydrogens is 260 g/mol. The molecule has 2 aromatic rings. The smallest absolute Gasteiger partial charge is 0.0940 e. The van der Waals surface area contributed by atoms with E-state index >= 15 is 0 Å². The third-order valence-electron chi connectivity index (χ3n) is 2.06. The SMILES string of the molecule is N#CCc1cccc2sc(Br)c(N)c12. The number of anilines is 1. The molecule has 70 valence electrons. The van der Waals surface area contributed by atoms with Crippen LogP contribution in [0, 0.1) is 11.3 Å². The normalized spacial score (nSPS) is 10.3.